The maximum Gasteiger partial charge on any atom is 0.230 e. The van der Waals surface area contributed by atoms with E-state index in [-0.39, 0.29) is 11.8 Å². The summed E-state index contributed by atoms with van der Waals surface area (Å²) in [6.45, 7) is 3.03. The largest absolute Gasteiger partial charge is 0.497 e. The summed E-state index contributed by atoms with van der Waals surface area (Å²) in [5.74, 6) is 3.84. The van der Waals surface area contributed by atoms with Gasteiger partial charge in [-0.3, -0.25) is 4.79 Å². The van der Waals surface area contributed by atoms with Crippen LogP contribution in [0, 0.1) is 5.92 Å². The molecule has 0 radical (unpaired) electrons. The predicted octanol–water partition coefficient (Wildman–Crippen LogP) is 4.48. The van der Waals surface area contributed by atoms with Gasteiger partial charge in [-0.15, -0.1) is 0 Å². The van der Waals surface area contributed by atoms with Crippen molar-refractivity contribution in [1.29, 1.82) is 0 Å². The van der Waals surface area contributed by atoms with E-state index in [1.165, 1.54) is 0 Å². The molecule has 1 saturated carbocycles. The van der Waals surface area contributed by atoms with Gasteiger partial charge in [-0.1, -0.05) is 23.7 Å². The van der Waals surface area contributed by atoms with Gasteiger partial charge in [-0.05, 0) is 37.1 Å². The zero-order valence-corrected chi connectivity index (χ0v) is 21.7. The van der Waals surface area contributed by atoms with Crippen molar-refractivity contribution in [3.8, 4) is 17.4 Å². The number of hydrogen-bond donors (Lipinski definition) is 2. The fraction of sp³-hybridized carbons (Fsp3) is 0.333. The van der Waals surface area contributed by atoms with Crippen LogP contribution < -0.4 is 19.7 Å². The number of halogens is 1. The lowest BCUT2D eigenvalue weighted by atomic mass is 10.2. The first-order valence-electron chi connectivity index (χ1n) is 12.7. The Balaban J connectivity index is 1.23. The number of methoxy groups -OCH3 is 1. The van der Waals surface area contributed by atoms with E-state index in [1.807, 2.05) is 29.2 Å². The highest BCUT2D eigenvalue weighted by Crippen LogP contribution is 2.34. The quantitative estimate of drug-likeness (QED) is 0.341. The highest BCUT2D eigenvalue weighted by molar-refractivity contribution is 6.32. The number of aromatic nitrogens is 4. The number of H-pyrrole nitrogens is 1. The number of benzene rings is 2. The van der Waals surface area contributed by atoms with Gasteiger partial charge in [0.1, 0.15) is 23.1 Å². The number of ether oxygens (including phenoxy) is 2. The highest BCUT2D eigenvalue weighted by atomic mass is 35.5. The Morgan fingerprint density at radius 3 is 2.63 bits per heavy atom. The van der Waals surface area contributed by atoms with Gasteiger partial charge >= 0.3 is 0 Å². The molecule has 1 saturated heterocycles. The number of hydrogen-bond acceptors (Lipinski definition) is 8. The summed E-state index contributed by atoms with van der Waals surface area (Å²) in [5.41, 5.74) is 1.88. The molecule has 2 aromatic carbocycles. The van der Waals surface area contributed by atoms with Gasteiger partial charge in [0.15, 0.2) is 0 Å². The van der Waals surface area contributed by atoms with Crippen LogP contribution in [0.15, 0.2) is 48.5 Å². The van der Waals surface area contributed by atoms with Crippen molar-refractivity contribution in [2.75, 3.05) is 43.5 Å². The second kappa shape index (κ2) is 10.4. The number of para-hydroxylation sites is 2. The monoisotopic (exact) mass is 533 g/mol. The van der Waals surface area contributed by atoms with Gasteiger partial charge in [-0.2, -0.15) is 9.97 Å². The lowest BCUT2D eigenvalue weighted by molar-refractivity contribution is -0.132. The fourth-order valence-corrected chi connectivity index (χ4v) is 4.69. The number of amides is 1. The summed E-state index contributed by atoms with van der Waals surface area (Å²) in [6, 6.07) is 14.8. The Bertz CT molecular complexity index is 1430. The van der Waals surface area contributed by atoms with Gasteiger partial charge in [0.2, 0.25) is 17.7 Å². The number of imidazole rings is 1. The summed E-state index contributed by atoms with van der Waals surface area (Å²) in [4.78, 5) is 33.9. The Morgan fingerprint density at radius 2 is 1.89 bits per heavy atom. The summed E-state index contributed by atoms with van der Waals surface area (Å²) in [7, 11) is 1.58. The van der Waals surface area contributed by atoms with Crippen molar-refractivity contribution in [2.45, 2.75) is 19.4 Å². The molecule has 196 valence electrons. The number of anilines is 2. The number of nitrogens with zero attached hydrogens (tertiary/aromatic N) is 5. The highest BCUT2D eigenvalue weighted by Gasteiger charge is 2.35. The van der Waals surface area contributed by atoms with Gasteiger partial charge in [0.05, 0.1) is 29.7 Å². The molecular formula is C27H28ClN7O3. The molecule has 0 atom stereocenters. The molecule has 1 amide bonds. The number of carbonyl (C=O) groups excluding carboxylic acids is 1. The van der Waals surface area contributed by atoms with Crippen LogP contribution in [0.1, 0.15) is 18.7 Å². The number of nitrogens with one attached hydrogen (secondary N) is 2. The average molecular weight is 534 g/mol. The zero-order valence-electron chi connectivity index (χ0n) is 21.0. The van der Waals surface area contributed by atoms with E-state index in [9.17, 15) is 4.79 Å². The minimum atomic E-state index is 0.220. The molecule has 0 spiro atoms. The van der Waals surface area contributed by atoms with Crippen molar-refractivity contribution in [1.82, 2.24) is 24.8 Å². The molecule has 0 bridgehead atoms. The average Bonchev–Trinajstić information content (AvgIpc) is 3.71. The Labute approximate surface area is 224 Å². The maximum absolute atomic E-state index is 12.5. The van der Waals surface area contributed by atoms with Gasteiger partial charge in [-0.25, -0.2) is 4.98 Å². The minimum absolute atomic E-state index is 0.220. The number of piperazine rings is 1. The minimum Gasteiger partial charge on any atom is -0.497 e. The van der Waals surface area contributed by atoms with Gasteiger partial charge in [0, 0.05) is 44.2 Å². The Kier molecular flexibility index (Phi) is 6.63. The van der Waals surface area contributed by atoms with Crippen LogP contribution in [-0.2, 0) is 11.3 Å². The van der Waals surface area contributed by atoms with Crippen LogP contribution in [0.5, 0.6) is 17.4 Å². The van der Waals surface area contributed by atoms with Gasteiger partial charge < -0.3 is 29.6 Å². The third kappa shape index (κ3) is 5.31. The summed E-state index contributed by atoms with van der Waals surface area (Å²) in [5, 5.41) is 3.75. The van der Waals surface area contributed by atoms with Crippen LogP contribution >= 0.6 is 11.6 Å². The van der Waals surface area contributed by atoms with Crippen LogP contribution in [0.25, 0.3) is 11.0 Å². The molecule has 2 aromatic heterocycles. The molecular weight excluding hydrogens is 506 g/mol. The van der Waals surface area contributed by atoms with Gasteiger partial charge in [0.25, 0.3) is 0 Å². The molecule has 10 nitrogen and oxygen atoms in total. The molecule has 1 aliphatic heterocycles. The second-order valence-electron chi connectivity index (χ2n) is 9.43. The second-order valence-corrected chi connectivity index (χ2v) is 9.84. The van der Waals surface area contributed by atoms with Crippen molar-refractivity contribution < 1.29 is 14.3 Å². The fourth-order valence-electron chi connectivity index (χ4n) is 4.48. The van der Waals surface area contributed by atoms with Crippen LogP contribution in [0.3, 0.4) is 0 Å². The van der Waals surface area contributed by atoms with Crippen molar-refractivity contribution in [2.24, 2.45) is 5.92 Å². The van der Waals surface area contributed by atoms with Crippen LogP contribution in [-0.4, -0.2) is 64.0 Å². The van der Waals surface area contributed by atoms with Crippen molar-refractivity contribution >= 4 is 40.3 Å². The molecule has 1 aliphatic carbocycles. The van der Waals surface area contributed by atoms with Crippen molar-refractivity contribution in [3.63, 3.8) is 0 Å². The molecule has 2 fully saturated rings. The topological polar surface area (TPSA) is 108 Å². The normalized spacial score (nSPS) is 15.5. The SMILES string of the molecule is COc1ccc(Oc2cc(NCc3nc4ccccc4[nH]3)nc(N3CCN(C(=O)C4CC4)CC3)n2)c(Cl)c1. The summed E-state index contributed by atoms with van der Waals surface area (Å²) in [6.07, 6.45) is 2.02. The summed E-state index contributed by atoms with van der Waals surface area (Å²) >= 11 is 6.42. The molecule has 4 aromatic rings. The first-order valence-corrected chi connectivity index (χ1v) is 13.1. The Hall–Kier alpha value is -4.05. The van der Waals surface area contributed by atoms with E-state index in [0.29, 0.717) is 66.9 Å². The third-order valence-corrected chi connectivity index (χ3v) is 7.02. The lowest BCUT2D eigenvalue weighted by Crippen LogP contribution is -2.49. The molecule has 2 aliphatic rings. The molecule has 6 rings (SSSR count). The van der Waals surface area contributed by atoms with Crippen LogP contribution in [0.2, 0.25) is 5.02 Å². The number of fused-ring (bicyclic) bond motifs is 1. The molecule has 0 unspecified atom stereocenters. The first-order chi connectivity index (χ1) is 18.6. The smallest absolute Gasteiger partial charge is 0.230 e. The standard InChI is InChI=1S/C27H28ClN7O3/c1-37-18-8-9-22(19(28)14-18)38-25-15-23(29-16-24-30-20-4-2-3-5-21(20)31-24)32-27(33-25)35-12-10-34(11-13-35)26(36)17-6-7-17/h2-5,8-9,14-15,17H,6-7,10-13,16H2,1H3,(H,30,31)(H,29,32,33). The van der Waals surface area contributed by atoms with E-state index in [2.05, 4.69) is 25.2 Å². The summed E-state index contributed by atoms with van der Waals surface area (Å²) < 4.78 is 11.3. The van der Waals surface area contributed by atoms with E-state index in [4.69, 9.17) is 26.1 Å². The van der Waals surface area contributed by atoms with E-state index in [0.717, 1.165) is 29.7 Å². The molecule has 3 heterocycles. The van der Waals surface area contributed by atoms with E-state index < -0.39 is 0 Å². The third-order valence-electron chi connectivity index (χ3n) is 6.72. The number of carbonyl (C=O) groups is 1. The van der Waals surface area contributed by atoms with E-state index >= 15 is 0 Å². The first kappa shape index (κ1) is 24.3. The zero-order chi connectivity index (χ0) is 26.1. The van der Waals surface area contributed by atoms with Crippen LogP contribution in [0.4, 0.5) is 11.8 Å². The lowest BCUT2D eigenvalue weighted by Gasteiger charge is -2.35. The number of aromatic amines is 1. The molecule has 2 N–H and O–H groups in total. The number of rotatable bonds is 8. The molecule has 38 heavy (non-hydrogen) atoms. The van der Waals surface area contributed by atoms with Crippen molar-refractivity contribution in [3.05, 3.63) is 59.4 Å². The predicted molar refractivity (Wildman–Crippen MR) is 145 cm³/mol. The Morgan fingerprint density at radius 1 is 1.08 bits per heavy atom. The van der Waals surface area contributed by atoms with E-state index in [1.54, 1.807) is 31.4 Å². The maximum atomic E-state index is 12.5. The molecule has 11 heteroatoms.